The number of nitrogens with one attached hydrogen (secondary N) is 1. The molecule has 0 radical (unpaired) electrons. The molecule has 1 amide bonds. The molecule has 6 nitrogen and oxygen atoms in total. The molecule has 1 unspecified atom stereocenters. The average molecular weight is 340 g/mol. The number of halogens is 1. The summed E-state index contributed by atoms with van der Waals surface area (Å²) in [5, 5.41) is 6.91. The van der Waals surface area contributed by atoms with Crippen molar-refractivity contribution in [3.05, 3.63) is 40.9 Å². The molecule has 20 heavy (non-hydrogen) atoms. The standard InChI is InChI=1S/C13H14BrN3O3/c1-9(14)13(19)15-6-7-17-12(18)5-4-10(16-17)11-3-2-8-20-11/h2-5,8-9H,6-7H2,1H3,(H,15,19). The van der Waals surface area contributed by atoms with E-state index in [1.165, 1.54) is 10.7 Å². The number of alkyl halides is 1. The average Bonchev–Trinajstić information content (AvgIpc) is 2.94. The zero-order valence-electron chi connectivity index (χ0n) is 10.9. The van der Waals surface area contributed by atoms with Gasteiger partial charge in [0.15, 0.2) is 5.76 Å². The molecule has 2 aromatic rings. The summed E-state index contributed by atoms with van der Waals surface area (Å²) in [5.41, 5.74) is 0.358. The molecule has 0 aliphatic heterocycles. The van der Waals surface area contributed by atoms with Crippen LogP contribution in [0.3, 0.4) is 0 Å². The van der Waals surface area contributed by atoms with Gasteiger partial charge in [0, 0.05) is 12.6 Å². The maximum Gasteiger partial charge on any atom is 0.266 e. The van der Waals surface area contributed by atoms with Crippen molar-refractivity contribution in [2.75, 3.05) is 6.54 Å². The maximum atomic E-state index is 11.7. The molecular formula is C13H14BrN3O3. The van der Waals surface area contributed by atoms with Crippen molar-refractivity contribution in [1.29, 1.82) is 0 Å². The van der Waals surface area contributed by atoms with E-state index in [1.807, 2.05) is 0 Å². The SMILES string of the molecule is CC(Br)C(=O)NCCn1nc(-c2ccco2)ccc1=O. The van der Waals surface area contributed by atoms with Crippen LogP contribution in [0.1, 0.15) is 6.92 Å². The number of carbonyl (C=O) groups is 1. The molecule has 2 heterocycles. The van der Waals surface area contributed by atoms with Crippen LogP contribution < -0.4 is 10.9 Å². The van der Waals surface area contributed by atoms with Crippen LogP contribution in [0, 0.1) is 0 Å². The Morgan fingerprint density at radius 1 is 1.50 bits per heavy atom. The van der Waals surface area contributed by atoms with Crippen molar-refractivity contribution < 1.29 is 9.21 Å². The van der Waals surface area contributed by atoms with Crippen LogP contribution >= 0.6 is 15.9 Å². The highest BCUT2D eigenvalue weighted by Crippen LogP contribution is 2.14. The molecule has 0 aromatic carbocycles. The number of amides is 1. The first-order chi connectivity index (χ1) is 9.58. The van der Waals surface area contributed by atoms with Gasteiger partial charge in [-0.2, -0.15) is 5.10 Å². The molecular weight excluding hydrogens is 326 g/mol. The van der Waals surface area contributed by atoms with E-state index in [4.69, 9.17) is 4.42 Å². The van der Waals surface area contributed by atoms with Gasteiger partial charge in [0.2, 0.25) is 5.91 Å². The number of hydrogen-bond donors (Lipinski definition) is 1. The van der Waals surface area contributed by atoms with Crippen LogP contribution in [0.15, 0.2) is 39.7 Å². The van der Waals surface area contributed by atoms with E-state index in [1.54, 1.807) is 31.4 Å². The molecule has 1 atom stereocenters. The fraction of sp³-hybridized carbons (Fsp3) is 0.308. The zero-order valence-corrected chi connectivity index (χ0v) is 12.5. The van der Waals surface area contributed by atoms with Crippen LogP contribution in [0.2, 0.25) is 0 Å². The van der Waals surface area contributed by atoms with Gasteiger partial charge in [-0.05, 0) is 25.1 Å². The molecule has 2 aromatic heterocycles. The molecule has 0 spiro atoms. The van der Waals surface area contributed by atoms with Gasteiger partial charge in [0.05, 0.1) is 17.6 Å². The Hall–Kier alpha value is -1.89. The number of nitrogens with zero attached hydrogens (tertiary/aromatic N) is 2. The Kier molecular flexibility index (Phi) is 4.73. The molecule has 0 aliphatic carbocycles. The van der Waals surface area contributed by atoms with Gasteiger partial charge in [-0.15, -0.1) is 0 Å². The Morgan fingerprint density at radius 2 is 2.30 bits per heavy atom. The minimum absolute atomic E-state index is 0.125. The van der Waals surface area contributed by atoms with Gasteiger partial charge in [0.1, 0.15) is 5.69 Å². The Morgan fingerprint density at radius 3 is 2.95 bits per heavy atom. The van der Waals surface area contributed by atoms with E-state index in [2.05, 4.69) is 26.3 Å². The Labute approximate surface area is 123 Å². The van der Waals surface area contributed by atoms with Crippen molar-refractivity contribution in [3.8, 4) is 11.5 Å². The molecule has 0 aliphatic rings. The van der Waals surface area contributed by atoms with Crippen molar-refractivity contribution in [1.82, 2.24) is 15.1 Å². The lowest BCUT2D eigenvalue weighted by Gasteiger charge is -2.08. The summed E-state index contributed by atoms with van der Waals surface area (Å²) in [6.45, 7) is 2.37. The Balaban J connectivity index is 2.06. The number of hydrogen-bond acceptors (Lipinski definition) is 4. The largest absolute Gasteiger partial charge is 0.463 e. The second kappa shape index (κ2) is 6.51. The minimum Gasteiger partial charge on any atom is -0.463 e. The fourth-order valence-corrected chi connectivity index (χ4v) is 1.75. The molecule has 0 bridgehead atoms. The van der Waals surface area contributed by atoms with E-state index in [9.17, 15) is 9.59 Å². The van der Waals surface area contributed by atoms with Crippen molar-refractivity contribution in [2.45, 2.75) is 18.3 Å². The van der Waals surface area contributed by atoms with Crippen molar-refractivity contribution >= 4 is 21.8 Å². The third-order valence-electron chi connectivity index (χ3n) is 2.62. The van der Waals surface area contributed by atoms with E-state index in [0.717, 1.165) is 0 Å². The van der Waals surface area contributed by atoms with Crippen LogP contribution in [-0.2, 0) is 11.3 Å². The van der Waals surface area contributed by atoms with Gasteiger partial charge >= 0.3 is 0 Å². The monoisotopic (exact) mass is 339 g/mol. The molecule has 0 saturated carbocycles. The summed E-state index contributed by atoms with van der Waals surface area (Å²) in [7, 11) is 0. The van der Waals surface area contributed by atoms with E-state index < -0.39 is 0 Å². The molecule has 7 heteroatoms. The number of aromatic nitrogens is 2. The van der Waals surface area contributed by atoms with E-state index >= 15 is 0 Å². The van der Waals surface area contributed by atoms with Gasteiger partial charge in [0.25, 0.3) is 5.56 Å². The first kappa shape index (κ1) is 14.5. The second-order valence-corrected chi connectivity index (χ2v) is 5.54. The molecule has 0 saturated heterocycles. The zero-order chi connectivity index (χ0) is 14.5. The van der Waals surface area contributed by atoms with Crippen LogP contribution in [0.4, 0.5) is 0 Å². The third kappa shape index (κ3) is 3.57. The Bertz CT molecular complexity index is 635. The second-order valence-electron chi connectivity index (χ2n) is 4.16. The van der Waals surface area contributed by atoms with Gasteiger partial charge in [-0.3, -0.25) is 9.59 Å². The molecule has 0 fully saturated rings. The highest BCUT2D eigenvalue weighted by Gasteiger charge is 2.08. The first-order valence-corrected chi connectivity index (χ1v) is 7.03. The highest BCUT2D eigenvalue weighted by atomic mass is 79.9. The van der Waals surface area contributed by atoms with Gasteiger partial charge in [-0.25, -0.2) is 4.68 Å². The number of carbonyl (C=O) groups excluding carboxylic acids is 1. The normalized spacial score (nSPS) is 12.1. The summed E-state index contributed by atoms with van der Waals surface area (Å²) in [4.78, 5) is 22.8. The first-order valence-electron chi connectivity index (χ1n) is 6.12. The summed E-state index contributed by atoms with van der Waals surface area (Å²) in [5.74, 6) is 0.470. The van der Waals surface area contributed by atoms with E-state index in [-0.39, 0.29) is 16.3 Å². The predicted molar refractivity (Wildman–Crippen MR) is 77.6 cm³/mol. The van der Waals surface area contributed by atoms with Crippen LogP contribution in [0.5, 0.6) is 0 Å². The molecule has 106 valence electrons. The highest BCUT2D eigenvalue weighted by molar-refractivity contribution is 9.10. The molecule has 1 N–H and O–H groups in total. The number of rotatable bonds is 5. The third-order valence-corrected chi connectivity index (χ3v) is 3.04. The summed E-state index contributed by atoms with van der Waals surface area (Å²) < 4.78 is 6.54. The quantitative estimate of drug-likeness (QED) is 0.835. The minimum atomic E-state index is -0.262. The van der Waals surface area contributed by atoms with Crippen molar-refractivity contribution in [2.24, 2.45) is 0 Å². The summed E-state index contributed by atoms with van der Waals surface area (Å²) >= 11 is 3.17. The predicted octanol–water partition coefficient (Wildman–Crippen LogP) is 1.40. The smallest absolute Gasteiger partial charge is 0.266 e. The summed E-state index contributed by atoms with van der Waals surface area (Å²) in [6.07, 6.45) is 1.55. The van der Waals surface area contributed by atoms with E-state index in [0.29, 0.717) is 24.5 Å². The fourth-order valence-electron chi connectivity index (χ4n) is 1.59. The van der Waals surface area contributed by atoms with Gasteiger partial charge < -0.3 is 9.73 Å². The maximum absolute atomic E-state index is 11.7. The lowest BCUT2D eigenvalue weighted by molar-refractivity contribution is -0.120. The van der Waals surface area contributed by atoms with Gasteiger partial charge in [-0.1, -0.05) is 15.9 Å². The topological polar surface area (TPSA) is 77.1 Å². The summed E-state index contributed by atoms with van der Waals surface area (Å²) in [6, 6.07) is 6.56. The molecule has 2 rings (SSSR count). The lowest BCUT2D eigenvalue weighted by atomic mass is 10.3. The number of furan rings is 1. The van der Waals surface area contributed by atoms with Crippen molar-refractivity contribution in [3.63, 3.8) is 0 Å². The van der Waals surface area contributed by atoms with Crippen LogP contribution in [-0.4, -0.2) is 27.1 Å². The van der Waals surface area contributed by atoms with Crippen LogP contribution in [0.25, 0.3) is 11.5 Å². The lowest BCUT2D eigenvalue weighted by Crippen LogP contribution is -2.34.